The smallest absolute Gasteiger partial charge is 0.377 e. The standard InChI is InChI=1S/C72H108ClF3N12O13/c1-13-43(6)59-69(99)82(9)44(7)64(94)87-33-29-54(87)68(98)84(11)56(36-45-20-15-14-16-21-45)67(97)81(8)38-57(89)77-51(28-24-46-23-27-49(50(73)35-46)72(74,75)76)65(95)86-32-19-22-53(86)62(92)80-71(30-17-18-31-71)70(100)85(12)60(42(4)5)63(93)78-52(66(96)88-47-25-26-48(88)40-101-39-47)37-58(90)83(10)55(34-41(2)3)61(91)79-59/h23,27,35,41-45,47-48,51-56,59-60H,13-22,24-26,28-34,36-40H2,1-12H3,(H,77,89)(H,78,93)(H,79,91)(H,80,92)/t43-,44-,47?,48?,51-,52-,53-,54-,55-,56-,59-,60-/m0/s1. The fourth-order valence-corrected chi connectivity index (χ4v) is 16.4. The van der Waals surface area contributed by atoms with Crippen molar-refractivity contribution < 1.29 is 75.4 Å². The average Bonchev–Trinajstić information content (AvgIpc) is 1.75. The molecular weight excluding hydrogens is 1330 g/mol. The van der Waals surface area contributed by atoms with Crippen LogP contribution in [0.15, 0.2) is 18.2 Å². The number of nitrogens with one attached hydrogen (secondary N) is 4. The number of alkyl halides is 3. The number of ether oxygens (including phenoxy) is 1. The number of hydrogen-bond acceptors (Lipinski definition) is 13. The van der Waals surface area contributed by atoms with Gasteiger partial charge in [-0.05, 0) is 119 Å². The molecule has 29 heteroatoms. The minimum absolute atomic E-state index is 0.0197. The zero-order chi connectivity index (χ0) is 74.3. The fraction of sp³-hybridized carbons (Fsp3) is 0.750. The number of nitrogens with zero attached hydrogens (tertiary/aromatic N) is 8. The van der Waals surface area contributed by atoms with Crippen molar-refractivity contribution in [1.82, 2.24) is 60.5 Å². The van der Waals surface area contributed by atoms with Gasteiger partial charge in [-0.15, -0.1) is 0 Å². The summed E-state index contributed by atoms with van der Waals surface area (Å²) < 4.78 is 47.4. The molecule has 1 aromatic rings. The molecule has 5 saturated heterocycles. The molecule has 7 aliphatic rings. The van der Waals surface area contributed by atoms with E-state index in [0.717, 1.165) is 49.1 Å². The highest BCUT2D eigenvalue weighted by molar-refractivity contribution is 6.31. The van der Waals surface area contributed by atoms with E-state index in [4.69, 9.17) is 16.3 Å². The molecule has 5 heterocycles. The Kier molecular flexibility index (Phi) is 26.8. The number of rotatable bonds is 11. The third-order valence-electron chi connectivity index (χ3n) is 22.5. The Bertz CT molecular complexity index is 3220. The number of carbonyl (C=O) groups is 12. The van der Waals surface area contributed by atoms with E-state index in [9.17, 15) is 41.9 Å². The molecular formula is C72H108ClF3N12O13. The lowest BCUT2D eigenvalue weighted by atomic mass is 9.84. The first-order chi connectivity index (χ1) is 47.6. The van der Waals surface area contributed by atoms with Gasteiger partial charge in [-0.25, -0.2) is 0 Å². The second kappa shape index (κ2) is 34.0. The molecule has 2 aliphatic carbocycles. The van der Waals surface area contributed by atoms with E-state index in [1.165, 1.54) is 77.6 Å². The number of likely N-dealkylation sites (N-methyl/N-ethyl adjacent to an activating group) is 5. The quantitative estimate of drug-likeness (QED) is 0.226. The fourth-order valence-electron chi connectivity index (χ4n) is 16.1. The van der Waals surface area contributed by atoms with Crippen molar-refractivity contribution in [3.05, 3.63) is 34.3 Å². The van der Waals surface area contributed by atoms with Crippen molar-refractivity contribution in [3.63, 3.8) is 0 Å². The van der Waals surface area contributed by atoms with Gasteiger partial charge < -0.3 is 65.2 Å². The van der Waals surface area contributed by atoms with Gasteiger partial charge in [0.15, 0.2) is 0 Å². The van der Waals surface area contributed by atoms with Gasteiger partial charge in [0, 0.05) is 48.3 Å². The van der Waals surface area contributed by atoms with E-state index in [1.54, 1.807) is 25.7 Å². The van der Waals surface area contributed by atoms with E-state index >= 15 is 28.8 Å². The summed E-state index contributed by atoms with van der Waals surface area (Å²) in [4.78, 5) is 190. The van der Waals surface area contributed by atoms with Gasteiger partial charge >= 0.3 is 6.18 Å². The molecule has 562 valence electrons. The number of halogens is 4. The van der Waals surface area contributed by atoms with Crippen LogP contribution >= 0.6 is 11.6 Å². The predicted molar refractivity (Wildman–Crippen MR) is 368 cm³/mol. The zero-order valence-corrected chi connectivity index (χ0v) is 61.7. The molecule has 12 atom stereocenters. The molecule has 2 bridgehead atoms. The van der Waals surface area contributed by atoms with Gasteiger partial charge in [0.25, 0.3) is 0 Å². The number of aryl methyl sites for hydroxylation is 1. The van der Waals surface area contributed by atoms with Crippen molar-refractivity contribution in [1.29, 1.82) is 0 Å². The molecule has 1 aromatic carbocycles. The molecule has 0 radical (unpaired) electrons. The van der Waals surface area contributed by atoms with E-state index in [-0.39, 0.29) is 102 Å². The number of hydrogen-bond donors (Lipinski definition) is 4. The van der Waals surface area contributed by atoms with Crippen molar-refractivity contribution in [2.45, 2.75) is 255 Å². The van der Waals surface area contributed by atoms with Crippen LogP contribution in [0.1, 0.15) is 182 Å². The molecule has 7 fully saturated rings. The van der Waals surface area contributed by atoms with E-state index in [0.29, 0.717) is 44.1 Å². The number of carbonyl (C=O) groups excluding carboxylic acids is 12. The van der Waals surface area contributed by atoms with Crippen LogP contribution in [0.4, 0.5) is 13.2 Å². The Balaban J connectivity index is 1.16. The van der Waals surface area contributed by atoms with E-state index < -0.39 is 172 Å². The van der Waals surface area contributed by atoms with Crippen LogP contribution in [0.25, 0.3) is 0 Å². The van der Waals surface area contributed by atoms with Crippen LogP contribution in [0.2, 0.25) is 5.02 Å². The molecule has 8 rings (SSSR count). The Labute approximate surface area is 597 Å². The normalized spacial score (nSPS) is 29.4. The Hall–Kier alpha value is -7.10. The van der Waals surface area contributed by atoms with Gasteiger partial charge in [0.2, 0.25) is 70.9 Å². The van der Waals surface area contributed by atoms with Gasteiger partial charge in [-0.2, -0.15) is 13.2 Å². The number of morpholine rings is 1. The molecule has 12 amide bonds. The zero-order valence-electron chi connectivity index (χ0n) is 61.0. The maximum atomic E-state index is 15.4. The lowest BCUT2D eigenvalue weighted by molar-refractivity contribution is -0.160. The molecule has 1 spiro atoms. The topological polar surface area (TPSA) is 288 Å². The lowest BCUT2D eigenvalue weighted by Crippen LogP contribution is -2.65. The van der Waals surface area contributed by atoms with E-state index in [1.807, 2.05) is 20.8 Å². The molecule has 4 N–H and O–H groups in total. The number of fused-ring (bicyclic) bond motifs is 4. The SMILES string of the molecule is CC[C@H](C)[C@@H]1NC(=O)[C@H](CC(C)C)N(C)C(=O)C[C@@H](C(=O)N2C3CCC2COC3)NC(=O)[C@H](C(C)C)N(C)C(=O)C2(CCCC2)NC(=O)[C@@H]2CCCN2C(=O)[C@H](CCc2ccc(C(F)(F)F)c(Cl)c2)NC(=O)CN(C)C(=O)[C@H](CC2CCCCC2)N(C)C(=O)[C@@H]2CCN2C(=O)[C@H](C)N(C)C1=O. The average molecular weight is 1440 g/mol. The molecule has 5 aliphatic heterocycles. The maximum Gasteiger partial charge on any atom is 0.417 e. The summed E-state index contributed by atoms with van der Waals surface area (Å²) in [5.41, 5.74) is -2.37. The highest BCUT2D eigenvalue weighted by Crippen LogP contribution is 2.38. The Morgan fingerprint density at radius 2 is 1.32 bits per heavy atom. The Morgan fingerprint density at radius 3 is 1.90 bits per heavy atom. The van der Waals surface area contributed by atoms with Crippen LogP contribution < -0.4 is 21.3 Å². The summed E-state index contributed by atoms with van der Waals surface area (Å²) in [6, 6.07) is -8.75. The predicted octanol–water partition coefficient (Wildman–Crippen LogP) is 5.07. The summed E-state index contributed by atoms with van der Waals surface area (Å²) in [6.07, 6.45) is 2.61. The summed E-state index contributed by atoms with van der Waals surface area (Å²) in [5, 5.41) is 11.0. The third kappa shape index (κ3) is 18.3. The summed E-state index contributed by atoms with van der Waals surface area (Å²) in [5.74, 6) is -9.20. The number of amides is 12. The van der Waals surface area contributed by atoms with Crippen molar-refractivity contribution >= 4 is 82.5 Å². The van der Waals surface area contributed by atoms with Crippen LogP contribution in [0.3, 0.4) is 0 Å². The molecule has 2 unspecified atom stereocenters. The first-order valence-corrected chi connectivity index (χ1v) is 36.9. The van der Waals surface area contributed by atoms with Crippen LogP contribution in [0, 0.1) is 23.7 Å². The van der Waals surface area contributed by atoms with Gasteiger partial charge in [-0.3, -0.25) is 57.5 Å². The second-order valence-corrected chi connectivity index (χ2v) is 30.8. The summed E-state index contributed by atoms with van der Waals surface area (Å²) in [6.45, 7) is 12.3. The van der Waals surface area contributed by atoms with Gasteiger partial charge in [0.05, 0.1) is 48.8 Å². The largest absolute Gasteiger partial charge is 0.417 e. The number of benzene rings is 1. The van der Waals surface area contributed by atoms with E-state index in [2.05, 4.69) is 21.3 Å². The monoisotopic (exact) mass is 1440 g/mol. The van der Waals surface area contributed by atoms with Crippen LogP contribution in [0.5, 0.6) is 0 Å². The highest BCUT2D eigenvalue weighted by atomic mass is 35.5. The third-order valence-corrected chi connectivity index (χ3v) is 22.8. The minimum Gasteiger partial charge on any atom is -0.377 e. The van der Waals surface area contributed by atoms with Crippen molar-refractivity contribution in [3.8, 4) is 0 Å². The second-order valence-electron chi connectivity index (χ2n) is 30.4. The van der Waals surface area contributed by atoms with Crippen molar-refractivity contribution in [2.24, 2.45) is 23.7 Å². The van der Waals surface area contributed by atoms with Crippen molar-refractivity contribution in [2.75, 3.05) is 68.1 Å². The van der Waals surface area contributed by atoms with Gasteiger partial charge in [0.1, 0.15) is 59.9 Å². The van der Waals surface area contributed by atoms with Crippen LogP contribution in [-0.2, 0) is 74.9 Å². The molecule has 0 aromatic heterocycles. The summed E-state index contributed by atoms with van der Waals surface area (Å²) >= 11 is 6.16. The molecule has 101 heavy (non-hydrogen) atoms. The first kappa shape index (κ1) is 79.6. The molecule has 25 nitrogen and oxygen atoms in total. The lowest BCUT2D eigenvalue weighted by Gasteiger charge is -2.45. The van der Waals surface area contributed by atoms with Gasteiger partial charge in [-0.1, -0.05) is 111 Å². The first-order valence-electron chi connectivity index (χ1n) is 36.5. The maximum absolute atomic E-state index is 15.4. The highest BCUT2D eigenvalue weighted by Gasteiger charge is 2.52. The Morgan fingerprint density at radius 1 is 0.673 bits per heavy atom. The summed E-state index contributed by atoms with van der Waals surface area (Å²) in [7, 11) is 7.15. The molecule has 2 saturated carbocycles. The van der Waals surface area contributed by atoms with Crippen LogP contribution in [-0.4, -0.2) is 250 Å². The minimum atomic E-state index is -4.76.